The zero-order valence-electron chi connectivity index (χ0n) is 7.53. The topological polar surface area (TPSA) is 75.6 Å². The molecule has 0 aromatic carbocycles. The molecule has 76 valence electrons. The Morgan fingerprint density at radius 3 is 2.64 bits per heavy atom. The van der Waals surface area contributed by atoms with Gasteiger partial charge in [-0.25, -0.2) is 4.79 Å². The molecule has 14 heavy (non-hydrogen) atoms. The van der Waals surface area contributed by atoms with Crippen LogP contribution in [0.25, 0.3) is 0 Å². The largest absolute Gasteiger partial charge is 0.479 e. The van der Waals surface area contributed by atoms with Crippen molar-refractivity contribution in [2.45, 2.75) is 25.0 Å². The molecular weight excluding hydrogens is 186 g/mol. The third kappa shape index (κ3) is 2.47. The summed E-state index contributed by atoms with van der Waals surface area (Å²) >= 11 is 0. The number of carboxylic acids is 1. The van der Waals surface area contributed by atoms with Crippen molar-refractivity contribution in [1.82, 2.24) is 5.32 Å². The molecule has 0 radical (unpaired) electrons. The lowest BCUT2D eigenvalue weighted by atomic mass is 10.2. The van der Waals surface area contributed by atoms with Gasteiger partial charge in [0.05, 0.1) is 6.54 Å². The molecule has 2 atom stereocenters. The van der Waals surface area contributed by atoms with Gasteiger partial charge in [0.1, 0.15) is 6.10 Å². The van der Waals surface area contributed by atoms with E-state index in [4.69, 9.17) is 16.3 Å². The smallest absolute Gasteiger partial charge is 0.332 e. The molecule has 0 bridgehead atoms. The minimum absolute atomic E-state index is 0.135. The fourth-order valence-electron chi connectivity index (χ4n) is 1.26. The third-order valence-corrected chi connectivity index (χ3v) is 1.95. The summed E-state index contributed by atoms with van der Waals surface area (Å²) in [5.41, 5.74) is 0. The van der Waals surface area contributed by atoms with Crippen LogP contribution in [0.1, 0.15) is 12.8 Å². The van der Waals surface area contributed by atoms with E-state index < -0.39 is 18.2 Å². The van der Waals surface area contributed by atoms with Crippen LogP contribution in [0, 0.1) is 12.3 Å². The van der Waals surface area contributed by atoms with E-state index >= 15 is 0 Å². The highest BCUT2D eigenvalue weighted by atomic mass is 16.5. The molecule has 5 heteroatoms. The third-order valence-electron chi connectivity index (χ3n) is 1.95. The molecule has 1 aliphatic heterocycles. The van der Waals surface area contributed by atoms with Gasteiger partial charge in [-0.05, 0) is 12.8 Å². The van der Waals surface area contributed by atoms with Gasteiger partial charge in [-0.15, -0.1) is 6.42 Å². The van der Waals surface area contributed by atoms with Crippen LogP contribution >= 0.6 is 0 Å². The quantitative estimate of drug-likeness (QED) is 0.590. The van der Waals surface area contributed by atoms with Gasteiger partial charge in [-0.1, -0.05) is 5.92 Å². The average molecular weight is 197 g/mol. The van der Waals surface area contributed by atoms with E-state index in [2.05, 4.69) is 11.2 Å². The van der Waals surface area contributed by atoms with E-state index in [-0.39, 0.29) is 12.5 Å². The molecule has 5 nitrogen and oxygen atoms in total. The van der Waals surface area contributed by atoms with Crippen LogP contribution in [0.5, 0.6) is 0 Å². The number of terminal acetylenes is 1. The van der Waals surface area contributed by atoms with E-state index in [0.717, 1.165) is 0 Å². The highest BCUT2D eigenvalue weighted by Crippen LogP contribution is 2.19. The number of hydrogen-bond acceptors (Lipinski definition) is 3. The number of ether oxygens (including phenoxy) is 1. The number of aliphatic carboxylic acids is 1. The highest BCUT2D eigenvalue weighted by Gasteiger charge is 2.34. The van der Waals surface area contributed by atoms with Gasteiger partial charge in [-0.2, -0.15) is 0 Å². The Kier molecular flexibility index (Phi) is 3.48. The predicted octanol–water partition coefficient (Wildman–Crippen LogP) is -0.632. The highest BCUT2D eigenvalue weighted by molar-refractivity contribution is 5.82. The summed E-state index contributed by atoms with van der Waals surface area (Å²) in [6.45, 7) is 0.135. The lowest BCUT2D eigenvalue weighted by Gasteiger charge is -2.09. The molecule has 1 fully saturated rings. The number of hydrogen-bond donors (Lipinski definition) is 2. The van der Waals surface area contributed by atoms with Crippen LogP contribution in [0.3, 0.4) is 0 Å². The Morgan fingerprint density at radius 2 is 2.14 bits per heavy atom. The molecule has 0 spiro atoms. The molecule has 1 saturated heterocycles. The maximum absolute atomic E-state index is 11.2. The van der Waals surface area contributed by atoms with Gasteiger partial charge in [0.15, 0.2) is 6.10 Å². The van der Waals surface area contributed by atoms with Crippen molar-refractivity contribution in [3.8, 4) is 12.3 Å². The Balaban J connectivity index is 2.38. The number of carbonyl (C=O) groups is 2. The van der Waals surface area contributed by atoms with Crippen LogP contribution in [-0.4, -0.2) is 35.7 Å². The Hall–Kier alpha value is -1.54. The number of carbonyl (C=O) groups excluding carboxylic acids is 1. The summed E-state index contributed by atoms with van der Waals surface area (Å²) in [5, 5.41) is 11.0. The first-order valence-electron chi connectivity index (χ1n) is 4.24. The van der Waals surface area contributed by atoms with Crippen LogP contribution in [0.4, 0.5) is 0 Å². The molecule has 1 amide bonds. The fourth-order valence-corrected chi connectivity index (χ4v) is 1.26. The summed E-state index contributed by atoms with van der Waals surface area (Å²) in [6, 6.07) is 0. The lowest BCUT2D eigenvalue weighted by molar-refractivity contribution is -0.151. The van der Waals surface area contributed by atoms with Crippen molar-refractivity contribution < 1.29 is 19.4 Å². The first kappa shape index (κ1) is 10.5. The molecule has 2 unspecified atom stereocenters. The predicted molar refractivity (Wildman–Crippen MR) is 47.4 cm³/mol. The van der Waals surface area contributed by atoms with E-state index in [1.807, 2.05) is 0 Å². The van der Waals surface area contributed by atoms with E-state index in [9.17, 15) is 9.59 Å². The van der Waals surface area contributed by atoms with Crippen LogP contribution in [0.2, 0.25) is 0 Å². The lowest BCUT2D eigenvalue weighted by Crippen LogP contribution is -2.35. The minimum atomic E-state index is -1.03. The van der Waals surface area contributed by atoms with Crippen molar-refractivity contribution in [2.24, 2.45) is 0 Å². The van der Waals surface area contributed by atoms with Crippen molar-refractivity contribution in [2.75, 3.05) is 6.54 Å². The van der Waals surface area contributed by atoms with Crippen LogP contribution < -0.4 is 5.32 Å². The monoisotopic (exact) mass is 197 g/mol. The van der Waals surface area contributed by atoms with Crippen molar-refractivity contribution in [3.63, 3.8) is 0 Å². The van der Waals surface area contributed by atoms with E-state index in [1.165, 1.54) is 0 Å². The molecule has 1 aliphatic rings. The normalized spacial score (nSPS) is 25.4. The number of amides is 1. The van der Waals surface area contributed by atoms with Crippen LogP contribution in [-0.2, 0) is 14.3 Å². The van der Waals surface area contributed by atoms with Gasteiger partial charge in [0, 0.05) is 0 Å². The van der Waals surface area contributed by atoms with E-state index in [1.54, 1.807) is 0 Å². The Labute approximate surface area is 81.4 Å². The van der Waals surface area contributed by atoms with Crippen molar-refractivity contribution in [3.05, 3.63) is 0 Å². The number of rotatable bonds is 3. The second-order valence-corrected chi connectivity index (χ2v) is 2.95. The minimum Gasteiger partial charge on any atom is -0.479 e. The molecule has 0 aliphatic carbocycles. The molecule has 0 aromatic heterocycles. The standard InChI is InChI=1S/C9H11NO4/c1-2-5-10-8(11)6-3-4-7(14-6)9(12)13/h1,6-7H,3-5H2,(H,10,11)(H,12,13). The Morgan fingerprint density at radius 1 is 1.50 bits per heavy atom. The van der Waals surface area contributed by atoms with Gasteiger partial charge >= 0.3 is 5.97 Å². The molecule has 0 saturated carbocycles. The van der Waals surface area contributed by atoms with Crippen LogP contribution in [0.15, 0.2) is 0 Å². The van der Waals surface area contributed by atoms with Gasteiger partial charge in [0.25, 0.3) is 0 Å². The second kappa shape index (κ2) is 4.63. The summed E-state index contributed by atoms with van der Waals surface area (Å²) in [5.74, 6) is 0.881. The summed E-state index contributed by atoms with van der Waals surface area (Å²) < 4.78 is 5.00. The summed E-state index contributed by atoms with van der Waals surface area (Å²) in [6.07, 6.45) is 4.20. The summed E-state index contributed by atoms with van der Waals surface area (Å²) in [4.78, 5) is 21.7. The van der Waals surface area contributed by atoms with E-state index in [0.29, 0.717) is 12.8 Å². The second-order valence-electron chi connectivity index (χ2n) is 2.95. The number of carboxylic acid groups (broad SMARTS) is 1. The number of nitrogens with one attached hydrogen (secondary N) is 1. The van der Waals surface area contributed by atoms with Gasteiger partial charge in [-0.3, -0.25) is 4.79 Å². The molecular formula is C9H11NO4. The zero-order chi connectivity index (χ0) is 10.6. The van der Waals surface area contributed by atoms with Crippen molar-refractivity contribution in [1.29, 1.82) is 0 Å². The fraction of sp³-hybridized carbons (Fsp3) is 0.556. The first-order valence-corrected chi connectivity index (χ1v) is 4.24. The first-order chi connectivity index (χ1) is 6.65. The maximum atomic E-state index is 11.2. The van der Waals surface area contributed by atoms with Crippen molar-refractivity contribution >= 4 is 11.9 Å². The van der Waals surface area contributed by atoms with Gasteiger partial charge < -0.3 is 15.2 Å². The average Bonchev–Trinajstić information content (AvgIpc) is 2.62. The maximum Gasteiger partial charge on any atom is 0.332 e. The molecule has 1 rings (SSSR count). The summed E-state index contributed by atoms with van der Waals surface area (Å²) in [7, 11) is 0. The zero-order valence-corrected chi connectivity index (χ0v) is 7.53. The molecule has 0 aromatic rings. The molecule has 1 heterocycles. The molecule has 2 N–H and O–H groups in total. The van der Waals surface area contributed by atoms with Gasteiger partial charge in [0.2, 0.25) is 5.91 Å². The SMILES string of the molecule is C#CCNC(=O)C1CCC(C(=O)O)O1. The Bertz CT molecular complexity index is 281.